The number of benzene rings is 1. The Kier molecular flexibility index (Phi) is 5.24. The summed E-state index contributed by atoms with van der Waals surface area (Å²) in [6.45, 7) is 0.549. The Morgan fingerprint density at radius 3 is 2.81 bits per heavy atom. The molecule has 1 heterocycles. The fourth-order valence-corrected chi connectivity index (χ4v) is 2.24. The van der Waals surface area contributed by atoms with E-state index in [2.05, 4.69) is 20.8 Å². The lowest BCUT2D eigenvalue weighted by Gasteiger charge is -2.25. The minimum Gasteiger partial charge on any atom is -0.353 e. The van der Waals surface area contributed by atoms with Crippen LogP contribution in [0.25, 0.3) is 0 Å². The molecule has 0 saturated carbocycles. The first-order valence-corrected chi connectivity index (χ1v) is 6.84. The third-order valence-electron chi connectivity index (χ3n) is 3.08. The molecule has 2 aromatic rings. The number of rotatable bonds is 6. The molecule has 0 aliphatic heterocycles. The number of halogens is 1. The van der Waals surface area contributed by atoms with E-state index in [0.29, 0.717) is 11.6 Å². The number of nitrogens with zero attached hydrogens (tertiary/aromatic N) is 5. The Hall–Kier alpha value is -1.99. The van der Waals surface area contributed by atoms with Gasteiger partial charge in [-0.15, -0.1) is 5.10 Å². The highest BCUT2D eigenvalue weighted by molar-refractivity contribution is 6.31. The number of carbonyl (C=O) groups excluding carboxylic acids is 1. The summed E-state index contributed by atoms with van der Waals surface area (Å²) in [5, 5.41) is 14.2. The van der Waals surface area contributed by atoms with Gasteiger partial charge >= 0.3 is 0 Å². The second kappa shape index (κ2) is 7.14. The second-order valence-electron chi connectivity index (χ2n) is 4.81. The summed E-state index contributed by atoms with van der Waals surface area (Å²) in [4.78, 5) is 13.9. The monoisotopic (exact) mass is 308 g/mol. The first-order valence-electron chi connectivity index (χ1n) is 6.46. The van der Waals surface area contributed by atoms with Gasteiger partial charge in [0.25, 0.3) is 0 Å². The van der Waals surface area contributed by atoms with Crippen LogP contribution in [0.3, 0.4) is 0 Å². The highest BCUT2D eigenvalue weighted by Gasteiger charge is 2.17. The van der Waals surface area contributed by atoms with Crippen LogP contribution in [0.15, 0.2) is 30.6 Å². The lowest BCUT2D eigenvalue weighted by molar-refractivity contribution is -0.122. The first kappa shape index (κ1) is 15.4. The van der Waals surface area contributed by atoms with E-state index in [0.717, 1.165) is 5.56 Å². The molecular weight excluding hydrogens is 292 g/mol. The largest absolute Gasteiger partial charge is 0.353 e. The van der Waals surface area contributed by atoms with Crippen LogP contribution in [0.5, 0.6) is 0 Å². The van der Waals surface area contributed by atoms with Crippen LogP contribution in [0, 0.1) is 0 Å². The SMILES string of the molecule is CN(C)[C@H](CNC(=O)Cn1cnnn1)c1ccccc1Cl. The molecule has 0 aliphatic carbocycles. The molecule has 1 aromatic heterocycles. The number of tetrazole rings is 1. The van der Waals surface area contributed by atoms with Gasteiger partial charge in [0.15, 0.2) is 0 Å². The number of aromatic nitrogens is 4. The molecule has 1 amide bonds. The molecule has 1 N–H and O–H groups in total. The van der Waals surface area contributed by atoms with Gasteiger partial charge < -0.3 is 10.2 Å². The molecule has 0 bridgehead atoms. The van der Waals surface area contributed by atoms with Gasteiger partial charge in [-0.1, -0.05) is 29.8 Å². The van der Waals surface area contributed by atoms with E-state index in [4.69, 9.17) is 11.6 Å². The van der Waals surface area contributed by atoms with E-state index in [-0.39, 0.29) is 18.5 Å². The minimum atomic E-state index is -0.152. The molecule has 21 heavy (non-hydrogen) atoms. The van der Waals surface area contributed by atoms with Crippen LogP contribution in [0.1, 0.15) is 11.6 Å². The van der Waals surface area contributed by atoms with Crippen LogP contribution >= 0.6 is 11.6 Å². The van der Waals surface area contributed by atoms with Crippen LogP contribution in [-0.2, 0) is 11.3 Å². The van der Waals surface area contributed by atoms with Crippen LogP contribution in [0.4, 0.5) is 0 Å². The Balaban J connectivity index is 1.98. The second-order valence-corrected chi connectivity index (χ2v) is 5.22. The van der Waals surface area contributed by atoms with E-state index in [1.807, 2.05) is 43.3 Å². The molecule has 112 valence electrons. The quantitative estimate of drug-likeness (QED) is 0.852. The minimum absolute atomic E-state index is 0.00322. The fraction of sp³-hybridized carbons (Fsp3) is 0.385. The molecule has 1 aromatic carbocycles. The van der Waals surface area contributed by atoms with Gasteiger partial charge in [-0.2, -0.15) is 0 Å². The highest BCUT2D eigenvalue weighted by Crippen LogP contribution is 2.25. The van der Waals surface area contributed by atoms with Gasteiger partial charge in [0, 0.05) is 11.6 Å². The topological polar surface area (TPSA) is 75.9 Å². The van der Waals surface area contributed by atoms with Crippen molar-refractivity contribution in [1.29, 1.82) is 0 Å². The molecule has 0 fully saturated rings. The van der Waals surface area contributed by atoms with Crippen molar-refractivity contribution in [2.24, 2.45) is 0 Å². The smallest absolute Gasteiger partial charge is 0.241 e. The molecule has 2 rings (SSSR count). The van der Waals surface area contributed by atoms with Gasteiger partial charge in [-0.3, -0.25) is 4.79 Å². The average Bonchev–Trinajstić information content (AvgIpc) is 2.93. The zero-order valence-electron chi connectivity index (χ0n) is 11.9. The Bertz CT molecular complexity index is 586. The maximum Gasteiger partial charge on any atom is 0.241 e. The standard InChI is InChI=1S/C13H17ClN6O/c1-19(2)12(10-5-3-4-6-11(10)14)7-15-13(21)8-20-9-16-17-18-20/h3-6,9,12H,7-8H2,1-2H3,(H,15,21)/t12-/m1/s1. The molecule has 7 nitrogen and oxygen atoms in total. The lowest BCUT2D eigenvalue weighted by atomic mass is 10.1. The zero-order chi connectivity index (χ0) is 15.2. The molecule has 0 aliphatic rings. The lowest BCUT2D eigenvalue weighted by Crippen LogP contribution is -2.36. The number of hydrogen-bond donors (Lipinski definition) is 1. The van der Waals surface area contributed by atoms with Crippen LogP contribution < -0.4 is 5.32 Å². The summed E-state index contributed by atoms with van der Waals surface area (Å²) in [7, 11) is 3.89. The average molecular weight is 309 g/mol. The maximum absolute atomic E-state index is 11.9. The number of carbonyl (C=O) groups is 1. The molecule has 0 unspecified atom stereocenters. The normalized spacial score (nSPS) is 12.4. The maximum atomic E-state index is 11.9. The Morgan fingerprint density at radius 1 is 1.43 bits per heavy atom. The molecule has 0 spiro atoms. The van der Waals surface area contributed by atoms with Crippen LogP contribution in [0.2, 0.25) is 5.02 Å². The van der Waals surface area contributed by atoms with Crippen molar-refractivity contribution in [3.63, 3.8) is 0 Å². The van der Waals surface area contributed by atoms with E-state index >= 15 is 0 Å². The molecule has 8 heteroatoms. The van der Waals surface area contributed by atoms with Crippen molar-refractivity contribution in [3.8, 4) is 0 Å². The van der Waals surface area contributed by atoms with Gasteiger partial charge in [-0.05, 0) is 36.2 Å². The van der Waals surface area contributed by atoms with Gasteiger partial charge in [0.1, 0.15) is 12.9 Å². The van der Waals surface area contributed by atoms with Crippen molar-refractivity contribution in [3.05, 3.63) is 41.2 Å². The molecule has 1 atom stereocenters. The van der Waals surface area contributed by atoms with E-state index in [1.165, 1.54) is 11.0 Å². The number of nitrogens with one attached hydrogen (secondary N) is 1. The van der Waals surface area contributed by atoms with Crippen molar-refractivity contribution in [2.75, 3.05) is 20.6 Å². The highest BCUT2D eigenvalue weighted by atomic mass is 35.5. The summed E-state index contributed by atoms with van der Waals surface area (Å²) >= 11 is 6.22. The number of likely N-dealkylation sites (N-methyl/N-ethyl adjacent to an activating group) is 1. The van der Waals surface area contributed by atoms with Crippen molar-refractivity contribution < 1.29 is 4.79 Å². The predicted molar refractivity (Wildman–Crippen MR) is 78.7 cm³/mol. The molecule has 0 saturated heterocycles. The van der Waals surface area contributed by atoms with E-state index in [1.54, 1.807) is 0 Å². The van der Waals surface area contributed by atoms with Crippen molar-refractivity contribution in [1.82, 2.24) is 30.4 Å². The third-order valence-corrected chi connectivity index (χ3v) is 3.42. The van der Waals surface area contributed by atoms with Gasteiger partial charge in [0.05, 0.1) is 6.04 Å². The molecular formula is C13H17ClN6O. The predicted octanol–water partition coefficient (Wildman–Crippen LogP) is 0.746. The Labute approximate surface area is 127 Å². The Morgan fingerprint density at radius 2 is 2.19 bits per heavy atom. The zero-order valence-corrected chi connectivity index (χ0v) is 12.7. The summed E-state index contributed by atoms with van der Waals surface area (Å²) < 4.78 is 1.37. The number of amides is 1. The van der Waals surface area contributed by atoms with Crippen molar-refractivity contribution >= 4 is 17.5 Å². The first-order chi connectivity index (χ1) is 10.1. The number of hydrogen-bond acceptors (Lipinski definition) is 5. The summed E-state index contributed by atoms with van der Waals surface area (Å²) in [6.07, 6.45) is 1.40. The van der Waals surface area contributed by atoms with Gasteiger partial charge in [0.2, 0.25) is 5.91 Å². The van der Waals surface area contributed by atoms with Gasteiger partial charge in [-0.25, -0.2) is 4.68 Å². The summed E-state index contributed by atoms with van der Waals surface area (Å²) in [6, 6.07) is 7.61. The van der Waals surface area contributed by atoms with Crippen molar-refractivity contribution in [2.45, 2.75) is 12.6 Å². The molecule has 0 radical (unpaired) electrons. The fourth-order valence-electron chi connectivity index (χ4n) is 1.98. The van der Waals surface area contributed by atoms with E-state index in [9.17, 15) is 4.79 Å². The summed E-state index contributed by atoms with van der Waals surface area (Å²) in [5.41, 5.74) is 0.979. The van der Waals surface area contributed by atoms with Crippen LogP contribution in [-0.4, -0.2) is 51.7 Å². The van der Waals surface area contributed by atoms with E-state index < -0.39 is 0 Å². The summed E-state index contributed by atoms with van der Waals surface area (Å²) in [5.74, 6) is -0.152. The third kappa shape index (κ3) is 4.24.